The summed E-state index contributed by atoms with van der Waals surface area (Å²) in [7, 11) is 0. The molecule has 1 aromatic heterocycles. The van der Waals surface area contributed by atoms with Gasteiger partial charge >= 0.3 is 0 Å². The van der Waals surface area contributed by atoms with Gasteiger partial charge in [-0.05, 0) is 12.7 Å². The second kappa shape index (κ2) is 5.86. The number of nitrogens with zero attached hydrogens (tertiary/aromatic N) is 2. The SMILES string of the molecule is CSc1c(N2CCSC(C)(C)CC2)sc(C#N)c1N. The van der Waals surface area contributed by atoms with Gasteiger partial charge in [-0.1, -0.05) is 13.8 Å². The number of hydrogen-bond acceptors (Lipinski definition) is 6. The zero-order chi connectivity index (χ0) is 14.0. The van der Waals surface area contributed by atoms with Gasteiger partial charge in [-0.3, -0.25) is 0 Å². The van der Waals surface area contributed by atoms with Crippen molar-refractivity contribution in [2.75, 3.05) is 35.7 Å². The van der Waals surface area contributed by atoms with E-state index in [0.717, 1.165) is 30.2 Å². The molecule has 0 aromatic carbocycles. The molecule has 6 heteroatoms. The van der Waals surface area contributed by atoms with Crippen molar-refractivity contribution in [3.63, 3.8) is 0 Å². The smallest absolute Gasteiger partial charge is 0.131 e. The summed E-state index contributed by atoms with van der Waals surface area (Å²) in [5, 5.41) is 10.3. The van der Waals surface area contributed by atoms with Crippen molar-refractivity contribution >= 4 is 45.5 Å². The summed E-state index contributed by atoms with van der Waals surface area (Å²) >= 11 is 5.21. The summed E-state index contributed by atoms with van der Waals surface area (Å²) in [5.74, 6) is 1.13. The predicted molar refractivity (Wildman–Crippen MR) is 88.6 cm³/mol. The lowest BCUT2D eigenvalue weighted by molar-refractivity contribution is 0.638. The molecule has 19 heavy (non-hydrogen) atoms. The number of anilines is 2. The lowest BCUT2D eigenvalue weighted by Crippen LogP contribution is -2.26. The highest BCUT2D eigenvalue weighted by atomic mass is 32.2. The molecule has 0 aliphatic carbocycles. The van der Waals surface area contributed by atoms with Gasteiger partial charge in [-0.15, -0.1) is 23.1 Å². The second-order valence-corrected chi connectivity index (χ2v) is 8.76. The Labute approximate surface area is 127 Å². The first-order valence-electron chi connectivity index (χ1n) is 6.24. The Kier molecular flexibility index (Phi) is 4.59. The second-order valence-electron chi connectivity index (χ2n) is 5.14. The maximum absolute atomic E-state index is 9.14. The molecule has 0 atom stereocenters. The Morgan fingerprint density at radius 2 is 2.16 bits per heavy atom. The number of nitrogens with two attached hydrogens (primary N) is 1. The van der Waals surface area contributed by atoms with E-state index in [0.29, 0.717) is 15.3 Å². The summed E-state index contributed by atoms with van der Waals surface area (Å²) in [4.78, 5) is 4.12. The van der Waals surface area contributed by atoms with E-state index in [9.17, 15) is 0 Å². The molecule has 1 aliphatic rings. The van der Waals surface area contributed by atoms with Crippen LogP contribution in [-0.2, 0) is 0 Å². The molecule has 0 radical (unpaired) electrons. The standard InChI is InChI=1S/C13H19N3S3/c1-13(2)4-5-16(6-7-18-13)12-11(17-3)10(15)9(8-14)19-12/h4-7,15H2,1-3H3. The van der Waals surface area contributed by atoms with Crippen molar-refractivity contribution in [1.82, 2.24) is 0 Å². The van der Waals surface area contributed by atoms with Gasteiger partial charge in [0.15, 0.2) is 0 Å². The van der Waals surface area contributed by atoms with E-state index in [-0.39, 0.29) is 0 Å². The summed E-state index contributed by atoms with van der Waals surface area (Å²) < 4.78 is 0.342. The molecule has 1 saturated heterocycles. The van der Waals surface area contributed by atoms with E-state index in [2.05, 4.69) is 24.8 Å². The third kappa shape index (κ3) is 3.15. The zero-order valence-corrected chi connectivity index (χ0v) is 14.0. The first kappa shape index (κ1) is 14.9. The molecule has 1 aliphatic heterocycles. The minimum atomic E-state index is 0.342. The van der Waals surface area contributed by atoms with Crippen molar-refractivity contribution < 1.29 is 0 Å². The molecular formula is C13H19N3S3. The van der Waals surface area contributed by atoms with E-state index in [1.165, 1.54) is 16.3 Å². The molecular weight excluding hydrogens is 294 g/mol. The molecule has 0 amide bonds. The molecule has 0 bridgehead atoms. The Morgan fingerprint density at radius 1 is 1.42 bits per heavy atom. The third-order valence-corrected chi connectivity index (χ3v) is 6.81. The molecule has 0 spiro atoms. The molecule has 2 N–H and O–H groups in total. The molecule has 3 nitrogen and oxygen atoms in total. The maximum Gasteiger partial charge on any atom is 0.131 e. The van der Waals surface area contributed by atoms with Crippen LogP contribution in [0.2, 0.25) is 0 Å². The summed E-state index contributed by atoms with van der Waals surface area (Å²) in [6.07, 6.45) is 3.19. The molecule has 1 fully saturated rings. The zero-order valence-electron chi connectivity index (χ0n) is 11.5. The predicted octanol–water partition coefficient (Wildman–Crippen LogP) is 3.65. The fourth-order valence-electron chi connectivity index (χ4n) is 2.13. The van der Waals surface area contributed by atoms with Crippen LogP contribution >= 0.6 is 34.9 Å². The van der Waals surface area contributed by atoms with E-state index in [4.69, 9.17) is 11.0 Å². The van der Waals surface area contributed by atoms with Crippen LogP contribution in [0, 0.1) is 11.3 Å². The highest BCUT2D eigenvalue weighted by Crippen LogP contribution is 2.44. The topological polar surface area (TPSA) is 53.0 Å². The number of thiophene rings is 1. The molecule has 2 rings (SSSR count). The van der Waals surface area contributed by atoms with Crippen LogP contribution in [0.25, 0.3) is 0 Å². The fourth-order valence-corrected chi connectivity index (χ4v) is 5.26. The lowest BCUT2D eigenvalue weighted by atomic mass is 10.1. The molecule has 2 heterocycles. The van der Waals surface area contributed by atoms with Crippen molar-refractivity contribution in [2.24, 2.45) is 0 Å². The molecule has 1 aromatic rings. The van der Waals surface area contributed by atoms with Crippen LogP contribution in [0.15, 0.2) is 4.90 Å². The van der Waals surface area contributed by atoms with Crippen molar-refractivity contribution in [3.8, 4) is 6.07 Å². The van der Waals surface area contributed by atoms with Crippen molar-refractivity contribution in [1.29, 1.82) is 5.26 Å². The third-order valence-electron chi connectivity index (χ3n) is 3.31. The first-order chi connectivity index (χ1) is 8.98. The minimum Gasteiger partial charge on any atom is -0.396 e. The van der Waals surface area contributed by atoms with Gasteiger partial charge in [0.1, 0.15) is 15.9 Å². The summed E-state index contributed by atoms with van der Waals surface area (Å²) in [6, 6.07) is 2.21. The van der Waals surface area contributed by atoms with Gasteiger partial charge in [0.25, 0.3) is 0 Å². The fraction of sp³-hybridized carbons (Fsp3) is 0.615. The molecule has 0 unspecified atom stereocenters. The maximum atomic E-state index is 9.14. The van der Waals surface area contributed by atoms with Gasteiger partial charge in [0, 0.05) is 23.6 Å². The number of hydrogen-bond donors (Lipinski definition) is 1. The van der Waals surface area contributed by atoms with Crippen LogP contribution in [0.4, 0.5) is 10.7 Å². The van der Waals surface area contributed by atoms with Gasteiger partial charge in [0.05, 0.1) is 10.6 Å². The molecule has 0 saturated carbocycles. The van der Waals surface area contributed by atoms with Crippen LogP contribution in [-0.4, -0.2) is 29.8 Å². The van der Waals surface area contributed by atoms with Gasteiger partial charge < -0.3 is 10.6 Å². The first-order valence-corrected chi connectivity index (χ1v) is 9.26. The van der Waals surface area contributed by atoms with Crippen molar-refractivity contribution in [3.05, 3.63) is 4.88 Å². The number of rotatable bonds is 2. The Morgan fingerprint density at radius 3 is 2.79 bits per heavy atom. The Hall–Kier alpha value is -0.510. The van der Waals surface area contributed by atoms with Crippen LogP contribution in [0.1, 0.15) is 25.1 Å². The van der Waals surface area contributed by atoms with Crippen LogP contribution in [0.5, 0.6) is 0 Å². The van der Waals surface area contributed by atoms with E-state index in [1.807, 2.05) is 18.0 Å². The normalized spacial score (nSPS) is 18.9. The monoisotopic (exact) mass is 313 g/mol. The highest BCUT2D eigenvalue weighted by Gasteiger charge is 2.27. The molecule has 104 valence electrons. The van der Waals surface area contributed by atoms with E-state index in [1.54, 1.807) is 11.8 Å². The number of nitrogen functional groups attached to an aromatic ring is 1. The Bertz CT molecular complexity index is 502. The number of thioether (sulfide) groups is 2. The van der Waals surface area contributed by atoms with Gasteiger partial charge in [-0.2, -0.15) is 17.0 Å². The van der Waals surface area contributed by atoms with Crippen LogP contribution in [0.3, 0.4) is 0 Å². The van der Waals surface area contributed by atoms with E-state index >= 15 is 0 Å². The van der Waals surface area contributed by atoms with Crippen molar-refractivity contribution in [2.45, 2.75) is 29.9 Å². The highest BCUT2D eigenvalue weighted by molar-refractivity contribution is 8.00. The minimum absolute atomic E-state index is 0.342. The largest absolute Gasteiger partial charge is 0.396 e. The average molecular weight is 314 g/mol. The van der Waals surface area contributed by atoms with Crippen LogP contribution < -0.4 is 10.6 Å². The summed E-state index contributed by atoms with van der Waals surface area (Å²) in [6.45, 7) is 6.69. The van der Waals surface area contributed by atoms with Gasteiger partial charge in [-0.25, -0.2) is 0 Å². The van der Waals surface area contributed by atoms with Gasteiger partial charge in [0.2, 0.25) is 0 Å². The quantitative estimate of drug-likeness (QED) is 0.845. The number of nitriles is 1. The summed E-state index contributed by atoms with van der Waals surface area (Å²) in [5.41, 5.74) is 6.72. The van der Waals surface area contributed by atoms with E-state index < -0.39 is 0 Å². The Balaban J connectivity index is 2.29. The average Bonchev–Trinajstić information content (AvgIpc) is 2.57. The lowest BCUT2D eigenvalue weighted by Gasteiger charge is -2.23.